The van der Waals surface area contributed by atoms with Gasteiger partial charge in [0.05, 0.1) is 5.25 Å². The van der Waals surface area contributed by atoms with Crippen molar-refractivity contribution < 1.29 is 13.2 Å². The highest BCUT2D eigenvalue weighted by Gasteiger charge is 2.36. The van der Waals surface area contributed by atoms with Crippen molar-refractivity contribution >= 4 is 37.5 Å². The molecule has 0 aromatic heterocycles. The average Bonchev–Trinajstić information content (AvgIpc) is 2.62. The van der Waals surface area contributed by atoms with Crippen LogP contribution in [0.1, 0.15) is 45.4 Å². The highest BCUT2D eigenvalue weighted by Crippen LogP contribution is 2.30. The normalized spacial score (nSPS) is 24.8. The fourth-order valence-electron chi connectivity index (χ4n) is 3.71. The number of rotatable bonds is 4. The molecule has 1 amide bonds. The Labute approximate surface area is 164 Å². The fraction of sp³-hybridized carbons (Fsp3) is 0.526. The molecular weight excluding hydrogens is 416 g/mol. The molecule has 1 saturated heterocycles. The number of carbonyl (C=O) groups excluding carboxylic acids is 1. The van der Waals surface area contributed by atoms with E-state index < -0.39 is 15.3 Å². The number of nitrogens with zero attached hydrogens (tertiary/aromatic N) is 1. The quantitative estimate of drug-likeness (QED) is 0.766. The number of piperidine rings is 1. The molecule has 0 radical (unpaired) electrons. The minimum atomic E-state index is -3.41. The Morgan fingerprint density at radius 1 is 1.23 bits per heavy atom. The van der Waals surface area contributed by atoms with E-state index in [4.69, 9.17) is 0 Å². The van der Waals surface area contributed by atoms with Crippen LogP contribution in [0.5, 0.6) is 0 Å². The van der Waals surface area contributed by atoms with E-state index in [1.165, 1.54) is 0 Å². The van der Waals surface area contributed by atoms with Crippen LogP contribution in [0.25, 0.3) is 0 Å². The first kappa shape index (κ1) is 19.6. The maximum absolute atomic E-state index is 13.1. The molecule has 2 aliphatic rings. The molecule has 0 bridgehead atoms. The standard InChI is InChI=1S/C19H25BrN2O3S/c1-14-6-2-3-11-22(14)26(24,25)18-10-4-7-15(12-18)19(23)21-17-9-5-8-16(20)13-17/h5,8-9,12-14,18H,2-4,6-7,10-11H2,1H3,(H,21,23). The lowest BCUT2D eigenvalue weighted by molar-refractivity contribution is -0.113. The van der Waals surface area contributed by atoms with Crippen molar-refractivity contribution in [2.45, 2.75) is 56.7 Å². The Morgan fingerprint density at radius 2 is 2.04 bits per heavy atom. The lowest BCUT2D eigenvalue weighted by Gasteiger charge is -2.35. The number of hydrogen-bond acceptors (Lipinski definition) is 3. The van der Waals surface area contributed by atoms with Crippen molar-refractivity contribution in [3.63, 3.8) is 0 Å². The molecule has 1 aliphatic carbocycles. The molecular formula is C19H25BrN2O3S. The molecule has 0 saturated carbocycles. The lowest BCUT2D eigenvalue weighted by Crippen LogP contribution is -2.46. The predicted molar refractivity (Wildman–Crippen MR) is 107 cm³/mol. The summed E-state index contributed by atoms with van der Waals surface area (Å²) in [5.41, 5.74) is 1.26. The first-order valence-electron chi connectivity index (χ1n) is 9.16. The summed E-state index contributed by atoms with van der Waals surface area (Å²) < 4.78 is 28.7. The molecule has 0 spiro atoms. The zero-order valence-electron chi connectivity index (χ0n) is 14.9. The van der Waals surface area contributed by atoms with Crippen LogP contribution in [0.3, 0.4) is 0 Å². The first-order chi connectivity index (χ1) is 12.4. The topological polar surface area (TPSA) is 66.5 Å². The van der Waals surface area contributed by atoms with Crippen LogP contribution in [0.2, 0.25) is 0 Å². The van der Waals surface area contributed by atoms with E-state index in [1.54, 1.807) is 10.4 Å². The molecule has 142 valence electrons. The molecule has 1 N–H and O–H groups in total. The number of nitrogens with one attached hydrogen (secondary N) is 1. The Balaban J connectivity index is 1.76. The second kappa shape index (κ2) is 8.23. The number of halogens is 1. The van der Waals surface area contributed by atoms with E-state index in [2.05, 4.69) is 21.2 Å². The Hall–Kier alpha value is -1.18. The Kier molecular flexibility index (Phi) is 6.20. The van der Waals surface area contributed by atoms with Crippen LogP contribution >= 0.6 is 15.9 Å². The number of hydrogen-bond donors (Lipinski definition) is 1. The summed E-state index contributed by atoms with van der Waals surface area (Å²) in [7, 11) is -3.41. The molecule has 1 heterocycles. The Morgan fingerprint density at radius 3 is 2.77 bits per heavy atom. The summed E-state index contributed by atoms with van der Waals surface area (Å²) in [4.78, 5) is 12.6. The highest BCUT2D eigenvalue weighted by atomic mass is 79.9. The van der Waals surface area contributed by atoms with Gasteiger partial charge in [-0.2, -0.15) is 4.31 Å². The molecule has 2 atom stereocenters. The SMILES string of the molecule is CC1CCCCN1S(=O)(=O)C1C=C(C(=O)Nc2cccc(Br)c2)CCC1. The summed E-state index contributed by atoms with van der Waals surface area (Å²) in [6.45, 7) is 2.57. The highest BCUT2D eigenvalue weighted by molar-refractivity contribution is 9.10. The van der Waals surface area contributed by atoms with Gasteiger partial charge in [-0.15, -0.1) is 0 Å². The second-order valence-electron chi connectivity index (χ2n) is 7.09. The van der Waals surface area contributed by atoms with Gasteiger partial charge in [0.15, 0.2) is 0 Å². The van der Waals surface area contributed by atoms with E-state index >= 15 is 0 Å². The third-order valence-electron chi connectivity index (χ3n) is 5.15. The van der Waals surface area contributed by atoms with Crippen molar-refractivity contribution in [2.75, 3.05) is 11.9 Å². The van der Waals surface area contributed by atoms with Gasteiger partial charge in [0.25, 0.3) is 5.91 Å². The van der Waals surface area contributed by atoms with Crippen LogP contribution in [0, 0.1) is 0 Å². The van der Waals surface area contributed by atoms with Crippen LogP contribution in [0.4, 0.5) is 5.69 Å². The third kappa shape index (κ3) is 4.38. The van der Waals surface area contributed by atoms with Gasteiger partial charge in [-0.3, -0.25) is 4.79 Å². The van der Waals surface area contributed by atoms with Crippen LogP contribution in [-0.2, 0) is 14.8 Å². The lowest BCUT2D eigenvalue weighted by atomic mass is 9.98. The van der Waals surface area contributed by atoms with Gasteiger partial charge in [0.1, 0.15) is 0 Å². The molecule has 1 aromatic carbocycles. The Bertz CT molecular complexity index is 807. The molecule has 1 aliphatic heterocycles. The maximum Gasteiger partial charge on any atom is 0.251 e. The monoisotopic (exact) mass is 440 g/mol. The van der Waals surface area contributed by atoms with Crippen molar-refractivity contribution in [3.8, 4) is 0 Å². The zero-order valence-corrected chi connectivity index (χ0v) is 17.4. The summed E-state index contributed by atoms with van der Waals surface area (Å²) in [5, 5.41) is 2.27. The summed E-state index contributed by atoms with van der Waals surface area (Å²) in [5.74, 6) is -0.213. The zero-order chi connectivity index (χ0) is 18.7. The van der Waals surface area contributed by atoms with E-state index in [1.807, 2.05) is 31.2 Å². The minimum Gasteiger partial charge on any atom is -0.322 e. The first-order valence-corrected chi connectivity index (χ1v) is 11.5. The number of sulfonamides is 1. The van der Waals surface area contributed by atoms with Crippen molar-refractivity contribution in [1.82, 2.24) is 4.31 Å². The average molecular weight is 441 g/mol. The van der Waals surface area contributed by atoms with E-state index in [0.29, 0.717) is 37.1 Å². The number of carbonyl (C=O) groups is 1. The molecule has 7 heteroatoms. The smallest absolute Gasteiger partial charge is 0.251 e. The molecule has 5 nitrogen and oxygen atoms in total. The van der Waals surface area contributed by atoms with Crippen molar-refractivity contribution in [3.05, 3.63) is 40.4 Å². The summed E-state index contributed by atoms with van der Waals surface area (Å²) >= 11 is 3.38. The third-order valence-corrected chi connectivity index (χ3v) is 7.97. The molecule has 1 fully saturated rings. The minimum absolute atomic E-state index is 0.0445. The number of anilines is 1. The maximum atomic E-state index is 13.1. The summed E-state index contributed by atoms with van der Waals surface area (Å²) in [6, 6.07) is 7.42. The molecule has 26 heavy (non-hydrogen) atoms. The van der Waals surface area contributed by atoms with Gasteiger partial charge in [-0.25, -0.2) is 8.42 Å². The predicted octanol–water partition coefficient (Wildman–Crippen LogP) is 4.07. The van der Waals surface area contributed by atoms with Crippen molar-refractivity contribution in [1.29, 1.82) is 0 Å². The van der Waals surface area contributed by atoms with Crippen LogP contribution in [0.15, 0.2) is 40.4 Å². The van der Waals surface area contributed by atoms with Gasteiger partial charge in [-0.05, 0) is 57.2 Å². The molecule has 3 rings (SSSR count). The van der Waals surface area contributed by atoms with Crippen molar-refractivity contribution in [2.24, 2.45) is 0 Å². The van der Waals surface area contributed by atoms with Gasteiger partial charge < -0.3 is 5.32 Å². The van der Waals surface area contributed by atoms with Gasteiger partial charge in [-0.1, -0.05) is 34.5 Å². The second-order valence-corrected chi connectivity index (χ2v) is 10.1. The van der Waals surface area contributed by atoms with Gasteiger partial charge in [0, 0.05) is 28.3 Å². The molecule has 2 unspecified atom stereocenters. The fourth-order valence-corrected chi connectivity index (χ4v) is 6.25. The van der Waals surface area contributed by atoms with Crippen LogP contribution in [-0.4, -0.2) is 36.5 Å². The van der Waals surface area contributed by atoms with E-state index in [9.17, 15) is 13.2 Å². The summed E-state index contributed by atoms with van der Waals surface area (Å²) in [6.07, 6.45) is 6.48. The van der Waals surface area contributed by atoms with E-state index in [-0.39, 0.29) is 11.9 Å². The number of amides is 1. The number of benzene rings is 1. The molecule has 1 aromatic rings. The van der Waals surface area contributed by atoms with Gasteiger partial charge in [0.2, 0.25) is 10.0 Å². The van der Waals surface area contributed by atoms with E-state index in [0.717, 1.165) is 23.7 Å². The van der Waals surface area contributed by atoms with Gasteiger partial charge >= 0.3 is 0 Å². The van der Waals surface area contributed by atoms with Crippen LogP contribution < -0.4 is 5.32 Å². The largest absolute Gasteiger partial charge is 0.322 e.